The smallest absolute Gasteiger partial charge is 0.203 e. The number of ether oxygens (including phenoxy) is 3. The van der Waals surface area contributed by atoms with Gasteiger partial charge in [0.15, 0.2) is 11.5 Å². The van der Waals surface area contributed by atoms with Crippen molar-refractivity contribution in [2.45, 2.75) is 19.4 Å². The first-order chi connectivity index (χ1) is 8.62. The molecule has 0 saturated heterocycles. The van der Waals surface area contributed by atoms with Gasteiger partial charge in [-0.05, 0) is 31.0 Å². The van der Waals surface area contributed by atoms with Crippen LogP contribution in [0.5, 0.6) is 17.2 Å². The van der Waals surface area contributed by atoms with Crippen LogP contribution >= 0.6 is 0 Å². The summed E-state index contributed by atoms with van der Waals surface area (Å²) in [5.41, 5.74) is 6.86. The lowest BCUT2D eigenvalue weighted by Crippen LogP contribution is -2.17. The molecular formula is C14H21NO3. The van der Waals surface area contributed by atoms with Crippen LogP contribution in [0.2, 0.25) is 0 Å². The Labute approximate surface area is 108 Å². The third-order valence-electron chi connectivity index (χ3n) is 2.42. The van der Waals surface area contributed by atoms with E-state index in [1.165, 1.54) is 0 Å². The monoisotopic (exact) mass is 251 g/mol. The highest BCUT2D eigenvalue weighted by atomic mass is 16.5. The maximum Gasteiger partial charge on any atom is 0.203 e. The number of hydrogen-bond donors (Lipinski definition) is 1. The van der Waals surface area contributed by atoms with Crippen LogP contribution in [0.1, 0.15) is 12.5 Å². The van der Waals surface area contributed by atoms with Gasteiger partial charge in [0.1, 0.15) is 6.61 Å². The van der Waals surface area contributed by atoms with Crippen molar-refractivity contribution < 1.29 is 14.2 Å². The topological polar surface area (TPSA) is 53.7 Å². The molecule has 1 aromatic rings. The van der Waals surface area contributed by atoms with Gasteiger partial charge < -0.3 is 19.9 Å². The van der Waals surface area contributed by atoms with E-state index in [1.54, 1.807) is 20.3 Å². The normalized spacial score (nSPS) is 11.8. The average molecular weight is 251 g/mol. The number of nitrogens with two attached hydrogens (primary N) is 1. The zero-order valence-corrected chi connectivity index (χ0v) is 11.2. The van der Waals surface area contributed by atoms with Gasteiger partial charge in [-0.1, -0.05) is 12.7 Å². The molecular weight excluding hydrogens is 230 g/mol. The maximum atomic E-state index is 5.80. The Hall–Kier alpha value is -1.68. The Morgan fingerprint density at radius 1 is 1.28 bits per heavy atom. The van der Waals surface area contributed by atoms with Crippen LogP contribution < -0.4 is 19.9 Å². The van der Waals surface area contributed by atoms with Gasteiger partial charge in [-0.15, -0.1) is 0 Å². The van der Waals surface area contributed by atoms with Gasteiger partial charge in [-0.3, -0.25) is 0 Å². The van der Waals surface area contributed by atoms with Crippen molar-refractivity contribution >= 4 is 0 Å². The third kappa shape index (κ3) is 3.67. The van der Waals surface area contributed by atoms with Crippen LogP contribution in [0.3, 0.4) is 0 Å². The number of rotatable bonds is 7. The van der Waals surface area contributed by atoms with Crippen LogP contribution in [0.15, 0.2) is 24.8 Å². The molecule has 2 N–H and O–H groups in total. The number of benzene rings is 1. The lowest BCUT2D eigenvalue weighted by atomic mass is 10.1. The van der Waals surface area contributed by atoms with E-state index >= 15 is 0 Å². The van der Waals surface area contributed by atoms with E-state index in [4.69, 9.17) is 19.9 Å². The van der Waals surface area contributed by atoms with Gasteiger partial charge >= 0.3 is 0 Å². The maximum absolute atomic E-state index is 5.80. The third-order valence-corrected chi connectivity index (χ3v) is 2.42. The van der Waals surface area contributed by atoms with Crippen molar-refractivity contribution in [3.8, 4) is 17.2 Å². The zero-order chi connectivity index (χ0) is 13.5. The fourth-order valence-electron chi connectivity index (χ4n) is 1.71. The zero-order valence-electron chi connectivity index (χ0n) is 11.2. The quantitative estimate of drug-likeness (QED) is 0.754. The Balaban J connectivity index is 3.11. The van der Waals surface area contributed by atoms with Gasteiger partial charge in [0.05, 0.1) is 14.2 Å². The van der Waals surface area contributed by atoms with Crippen molar-refractivity contribution in [3.05, 3.63) is 30.4 Å². The van der Waals surface area contributed by atoms with E-state index in [9.17, 15) is 0 Å². The number of methoxy groups -OCH3 is 2. The molecule has 4 nitrogen and oxygen atoms in total. The molecule has 0 aliphatic carbocycles. The lowest BCUT2D eigenvalue weighted by molar-refractivity contribution is 0.300. The summed E-state index contributed by atoms with van der Waals surface area (Å²) in [6, 6.07) is 3.92. The van der Waals surface area contributed by atoms with E-state index in [0.29, 0.717) is 23.9 Å². The van der Waals surface area contributed by atoms with Crippen LogP contribution in [0.4, 0.5) is 0 Å². The van der Waals surface area contributed by atoms with Crippen molar-refractivity contribution in [1.29, 1.82) is 0 Å². The minimum absolute atomic E-state index is 0.0827. The Morgan fingerprint density at radius 2 is 1.83 bits per heavy atom. The highest BCUT2D eigenvalue weighted by molar-refractivity contribution is 5.54. The second-order valence-electron chi connectivity index (χ2n) is 4.11. The molecule has 0 aromatic heterocycles. The summed E-state index contributed by atoms with van der Waals surface area (Å²) in [6.07, 6.45) is 2.43. The van der Waals surface area contributed by atoms with Crippen LogP contribution in [-0.2, 0) is 6.42 Å². The van der Waals surface area contributed by atoms with E-state index < -0.39 is 0 Å². The first-order valence-corrected chi connectivity index (χ1v) is 5.86. The molecule has 0 heterocycles. The van der Waals surface area contributed by atoms with E-state index in [-0.39, 0.29) is 6.04 Å². The molecule has 0 unspecified atom stereocenters. The van der Waals surface area contributed by atoms with Gasteiger partial charge in [0, 0.05) is 6.04 Å². The molecule has 4 heteroatoms. The second kappa shape index (κ2) is 6.91. The summed E-state index contributed by atoms with van der Waals surface area (Å²) in [5.74, 6) is 1.88. The summed E-state index contributed by atoms with van der Waals surface area (Å²) in [6.45, 7) is 5.98. The summed E-state index contributed by atoms with van der Waals surface area (Å²) in [5, 5.41) is 0. The Morgan fingerprint density at radius 3 is 2.22 bits per heavy atom. The molecule has 0 aliphatic heterocycles. The van der Waals surface area contributed by atoms with Gasteiger partial charge in [-0.2, -0.15) is 0 Å². The van der Waals surface area contributed by atoms with Crippen molar-refractivity contribution in [2.24, 2.45) is 5.73 Å². The molecule has 0 spiro atoms. The van der Waals surface area contributed by atoms with E-state index in [1.807, 2.05) is 19.1 Å². The predicted molar refractivity (Wildman–Crippen MR) is 72.6 cm³/mol. The predicted octanol–water partition coefficient (Wildman–Crippen LogP) is 2.16. The van der Waals surface area contributed by atoms with Crippen molar-refractivity contribution in [1.82, 2.24) is 0 Å². The summed E-state index contributed by atoms with van der Waals surface area (Å²) in [7, 11) is 3.20. The van der Waals surface area contributed by atoms with Crippen molar-refractivity contribution in [2.75, 3.05) is 20.8 Å². The molecule has 100 valence electrons. The minimum Gasteiger partial charge on any atom is -0.493 e. The summed E-state index contributed by atoms with van der Waals surface area (Å²) < 4.78 is 16.2. The summed E-state index contributed by atoms with van der Waals surface area (Å²) >= 11 is 0. The van der Waals surface area contributed by atoms with Gasteiger partial charge in [0.2, 0.25) is 5.75 Å². The molecule has 0 bridgehead atoms. The number of hydrogen-bond acceptors (Lipinski definition) is 4. The molecule has 0 radical (unpaired) electrons. The second-order valence-corrected chi connectivity index (χ2v) is 4.11. The molecule has 1 rings (SSSR count). The van der Waals surface area contributed by atoms with Crippen LogP contribution in [0.25, 0.3) is 0 Å². The highest BCUT2D eigenvalue weighted by Gasteiger charge is 2.14. The molecule has 0 amide bonds. The minimum atomic E-state index is 0.0827. The fraction of sp³-hybridized carbons (Fsp3) is 0.429. The largest absolute Gasteiger partial charge is 0.493 e. The fourth-order valence-corrected chi connectivity index (χ4v) is 1.71. The molecule has 0 saturated carbocycles. The van der Waals surface area contributed by atoms with Crippen LogP contribution in [0, 0.1) is 0 Å². The summed E-state index contributed by atoms with van der Waals surface area (Å²) in [4.78, 5) is 0. The molecule has 0 fully saturated rings. The molecule has 0 aliphatic rings. The lowest BCUT2D eigenvalue weighted by Gasteiger charge is -2.16. The van der Waals surface area contributed by atoms with Crippen molar-refractivity contribution in [3.63, 3.8) is 0 Å². The molecule has 18 heavy (non-hydrogen) atoms. The highest BCUT2D eigenvalue weighted by Crippen LogP contribution is 2.38. The van der Waals surface area contributed by atoms with E-state index in [2.05, 4.69) is 6.58 Å². The van der Waals surface area contributed by atoms with E-state index in [0.717, 1.165) is 12.0 Å². The van der Waals surface area contributed by atoms with Gasteiger partial charge in [-0.25, -0.2) is 0 Å². The van der Waals surface area contributed by atoms with Gasteiger partial charge in [0.25, 0.3) is 0 Å². The first-order valence-electron chi connectivity index (χ1n) is 5.86. The average Bonchev–Trinajstić information content (AvgIpc) is 2.35. The van der Waals surface area contributed by atoms with Crippen LogP contribution in [-0.4, -0.2) is 26.9 Å². The standard InChI is InChI=1S/C14H21NO3/c1-5-6-18-14-12(16-3)8-11(7-10(2)15)9-13(14)17-4/h5,8-10H,1,6-7,15H2,2-4H3/t10-/m1/s1. The first kappa shape index (κ1) is 14.4. The Kier molecular flexibility index (Phi) is 5.52. The molecule has 1 aromatic carbocycles. The molecule has 1 atom stereocenters. The SMILES string of the molecule is C=CCOc1c(OC)cc(C[C@@H](C)N)cc1OC. The Bertz CT molecular complexity index is 377.